The van der Waals surface area contributed by atoms with Crippen molar-refractivity contribution in [2.75, 3.05) is 7.11 Å². The van der Waals surface area contributed by atoms with Gasteiger partial charge in [-0.15, -0.1) is 0 Å². The Labute approximate surface area is 255 Å². The zero-order chi connectivity index (χ0) is 29.7. The highest BCUT2D eigenvalue weighted by molar-refractivity contribution is 5.82. The van der Waals surface area contributed by atoms with E-state index in [-0.39, 0.29) is 0 Å². The predicted molar refractivity (Wildman–Crippen MR) is 172 cm³/mol. The highest BCUT2D eigenvalue weighted by Gasteiger charge is 2.15. The molecule has 6 heterocycles. The lowest BCUT2D eigenvalue weighted by molar-refractivity contribution is 0.415. The summed E-state index contributed by atoms with van der Waals surface area (Å²) in [5, 5.41) is 0. The molecule has 0 aliphatic rings. The fourth-order valence-electron chi connectivity index (χ4n) is 5.03. The van der Waals surface area contributed by atoms with E-state index in [1.54, 1.807) is 31.9 Å². The molecule has 0 fully saturated rings. The van der Waals surface area contributed by atoms with Gasteiger partial charge in [-0.1, -0.05) is 24.3 Å². The number of ether oxygens (including phenoxy) is 1. The van der Waals surface area contributed by atoms with Crippen LogP contribution in [0.3, 0.4) is 0 Å². The van der Waals surface area contributed by atoms with Gasteiger partial charge in [0.1, 0.15) is 5.75 Å². The van der Waals surface area contributed by atoms with Gasteiger partial charge in [0.2, 0.25) is 0 Å². The topological polar surface area (TPSA) is 86.6 Å². The number of benzene rings is 1. The predicted octanol–water partition coefficient (Wildman–Crippen LogP) is 8.07. The summed E-state index contributed by atoms with van der Waals surface area (Å²) in [6.45, 7) is 0. The fourth-order valence-corrected chi connectivity index (χ4v) is 5.03. The molecule has 6 aromatic heterocycles. The van der Waals surface area contributed by atoms with Gasteiger partial charge in [-0.2, -0.15) is 0 Å². The second kappa shape index (κ2) is 12.0. The molecule has 0 aliphatic heterocycles. The van der Waals surface area contributed by atoms with Crippen molar-refractivity contribution in [2.45, 2.75) is 0 Å². The van der Waals surface area contributed by atoms with Crippen LogP contribution in [0.5, 0.6) is 5.75 Å². The van der Waals surface area contributed by atoms with E-state index in [0.29, 0.717) is 0 Å². The summed E-state index contributed by atoms with van der Waals surface area (Å²) in [5.41, 5.74) is 10.0. The summed E-state index contributed by atoms with van der Waals surface area (Å²) in [7, 11) is 1.68. The summed E-state index contributed by atoms with van der Waals surface area (Å²) in [6.07, 6.45) is 7.09. The Hall–Kier alpha value is -6.08. The second-order valence-corrected chi connectivity index (χ2v) is 10.1. The van der Waals surface area contributed by atoms with Gasteiger partial charge in [0.25, 0.3) is 0 Å². The molecule has 0 amide bonds. The van der Waals surface area contributed by atoms with Crippen molar-refractivity contribution in [2.24, 2.45) is 0 Å². The van der Waals surface area contributed by atoms with Gasteiger partial charge < -0.3 is 4.74 Å². The van der Waals surface area contributed by atoms with Crippen LogP contribution in [-0.2, 0) is 0 Å². The highest BCUT2D eigenvalue weighted by Crippen LogP contribution is 2.36. The van der Waals surface area contributed by atoms with Gasteiger partial charge in [0, 0.05) is 24.8 Å². The van der Waals surface area contributed by atoms with Gasteiger partial charge in [-0.25, -0.2) is 9.97 Å². The Morgan fingerprint density at radius 2 is 0.682 bits per heavy atom. The summed E-state index contributed by atoms with van der Waals surface area (Å²) >= 11 is 0. The molecule has 0 radical (unpaired) electrons. The lowest BCUT2D eigenvalue weighted by Gasteiger charge is -2.14. The van der Waals surface area contributed by atoms with Gasteiger partial charge in [0.15, 0.2) is 0 Å². The van der Waals surface area contributed by atoms with Crippen LogP contribution in [-0.4, -0.2) is 37.0 Å². The first-order valence-electron chi connectivity index (χ1n) is 14.1. The van der Waals surface area contributed by atoms with Gasteiger partial charge in [-0.3, -0.25) is 19.9 Å². The molecule has 44 heavy (non-hydrogen) atoms. The van der Waals surface area contributed by atoms with Crippen molar-refractivity contribution in [3.8, 4) is 73.6 Å². The number of hydrogen-bond donors (Lipinski definition) is 0. The van der Waals surface area contributed by atoms with Crippen molar-refractivity contribution >= 4 is 0 Å². The molecular weight excluding hydrogens is 544 g/mol. The third-order valence-electron chi connectivity index (χ3n) is 7.17. The molecule has 0 bridgehead atoms. The maximum absolute atomic E-state index is 5.82. The lowest BCUT2D eigenvalue weighted by Crippen LogP contribution is -1.96. The average Bonchev–Trinajstić information content (AvgIpc) is 3.12. The fraction of sp³-hybridized carbons (Fsp3) is 0.0270. The Morgan fingerprint density at radius 3 is 0.955 bits per heavy atom. The number of pyridine rings is 6. The van der Waals surface area contributed by atoms with Crippen LogP contribution in [0.25, 0.3) is 67.8 Å². The minimum Gasteiger partial charge on any atom is -0.497 e. The first-order chi connectivity index (χ1) is 21.7. The van der Waals surface area contributed by atoms with E-state index in [9.17, 15) is 0 Å². The quantitative estimate of drug-likeness (QED) is 0.191. The smallest absolute Gasteiger partial charge is 0.120 e. The summed E-state index contributed by atoms with van der Waals surface area (Å²) in [6, 6.07) is 37.7. The van der Waals surface area contributed by atoms with E-state index >= 15 is 0 Å². The van der Waals surface area contributed by atoms with E-state index < -0.39 is 0 Å². The number of aromatic nitrogens is 6. The first kappa shape index (κ1) is 26.8. The molecule has 0 atom stereocenters. The maximum atomic E-state index is 5.82. The van der Waals surface area contributed by atoms with Crippen LogP contribution in [0.2, 0.25) is 0 Å². The minimum atomic E-state index is 0.726. The van der Waals surface area contributed by atoms with E-state index in [1.807, 2.05) is 84.9 Å². The number of methoxy groups -OCH3 is 1. The van der Waals surface area contributed by atoms with E-state index in [2.05, 4.69) is 50.3 Å². The third kappa shape index (κ3) is 5.67. The first-order valence-corrected chi connectivity index (χ1v) is 14.1. The number of nitrogens with zero attached hydrogens (tertiary/aromatic N) is 6. The number of rotatable bonds is 7. The molecule has 0 aliphatic carbocycles. The maximum Gasteiger partial charge on any atom is 0.120 e. The van der Waals surface area contributed by atoms with E-state index in [4.69, 9.17) is 14.7 Å². The second-order valence-electron chi connectivity index (χ2n) is 10.1. The van der Waals surface area contributed by atoms with Crippen LogP contribution >= 0.6 is 0 Å². The zero-order valence-corrected chi connectivity index (χ0v) is 23.9. The van der Waals surface area contributed by atoms with Crippen molar-refractivity contribution in [3.63, 3.8) is 0 Å². The largest absolute Gasteiger partial charge is 0.497 e. The molecule has 7 aromatic rings. The Balaban J connectivity index is 1.41. The molecule has 210 valence electrons. The molecule has 7 rings (SSSR count). The van der Waals surface area contributed by atoms with Crippen LogP contribution in [0.15, 0.2) is 140 Å². The highest BCUT2D eigenvalue weighted by atomic mass is 16.5. The normalized spacial score (nSPS) is 10.8. The lowest BCUT2D eigenvalue weighted by atomic mass is 9.96. The van der Waals surface area contributed by atoms with Crippen molar-refractivity contribution in [3.05, 3.63) is 140 Å². The monoisotopic (exact) mass is 570 g/mol. The molecule has 7 heteroatoms. The Morgan fingerprint density at radius 1 is 0.364 bits per heavy atom. The van der Waals surface area contributed by atoms with E-state index in [1.165, 1.54) is 0 Å². The summed E-state index contributed by atoms with van der Waals surface area (Å²) in [5.74, 6) is 0.726. The molecule has 0 saturated heterocycles. The summed E-state index contributed by atoms with van der Waals surface area (Å²) < 4.78 is 5.82. The zero-order valence-electron chi connectivity index (χ0n) is 23.9. The Bertz CT molecular complexity index is 1780. The molecule has 0 unspecified atom stereocenters. The summed E-state index contributed by atoms with van der Waals surface area (Å²) in [4.78, 5) is 28.1. The van der Waals surface area contributed by atoms with Crippen molar-refractivity contribution in [1.82, 2.24) is 29.9 Å². The standard InChI is InChI=1S/C37H26N6O/c1-44-29-19-25(27-21-34(30-10-2-6-14-38-30)42-35(22-27)31-11-3-7-15-39-31)18-26(20-29)28-23-36(32-12-4-8-16-40-32)43-37(24-28)33-13-5-9-17-41-33/h2-24H,1H3. The van der Waals surface area contributed by atoms with Crippen LogP contribution in [0.1, 0.15) is 0 Å². The van der Waals surface area contributed by atoms with Gasteiger partial charge in [0.05, 0.1) is 52.7 Å². The number of hydrogen-bond acceptors (Lipinski definition) is 7. The molecule has 7 nitrogen and oxygen atoms in total. The van der Waals surface area contributed by atoms with E-state index in [0.717, 1.165) is 73.6 Å². The minimum absolute atomic E-state index is 0.726. The molecule has 0 spiro atoms. The molecule has 0 N–H and O–H groups in total. The van der Waals surface area contributed by atoms with Crippen molar-refractivity contribution < 1.29 is 4.74 Å². The molecule has 0 saturated carbocycles. The van der Waals surface area contributed by atoms with Crippen LogP contribution < -0.4 is 4.74 Å². The average molecular weight is 571 g/mol. The Kier molecular flexibility index (Phi) is 7.33. The molecule has 1 aromatic carbocycles. The molecular formula is C37H26N6O. The van der Waals surface area contributed by atoms with Crippen LogP contribution in [0.4, 0.5) is 0 Å². The van der Waals surface area contributed by atoms with Crippen molar-refractivity contribution in [1.29, 1.82) is 0 Å². The SMILES string of the molecule is COc1cc(-c2cc(-c3ccccn3)nc(-c3ccccn3)c2)cc(-c2cc(-c3ccccn3)nc(-c3ccccn3)c2)c1. The van der Waals surface area contributed by atoms with Gasteiger partial charge in [-0.05, 0) is 113 Å². The van der Waals surface area contributed by atoms with Crippen LogP contribution in [0, 0.1) is 0 Å². The third-order valence-corrected chi connectivity index (χ3v) is 7.17. The van der Waals surface area contributed by atoms with Gasteiger partial charge >= 0.3 is 0 Å².